The van der Waals surface area contributed by atoms with E-state index < -0.39 is 0 Å². The lowest BCUT2D eigenvalue weighted by atomic mass is 10.0. The summed E-state index contributed by atoms with van der Waals surface area (Å²) in [5.74, 6) is 1.63. The zero-order valence-corrected chi connectivity index (χ0v) is 12.3. The van der Waals surface area contributed by atoms with Crippen LogP contribution in [0, 0.1) is 12.8 Å². The summed E-state index contributed by atoms with van der Waals surface area (Å²) in [6.45, 7) is 5.94. The fraction of sp³-hybridized carbons (Fsp3) is 0.600. The summed E-state index contributed by atoms with van der Waals surface area (Å²) in [5, 5.41) is 4.48. The van der Waals surface area contributed by atoms with Crippen molar-refractivity contribution in [3.8, 4) is 0 Å². The van der Waals surface area contributed by atoms with Crippen LogP contribution >= 0.6 is 0 Å². The molecule has 2 heterocycles. The number of hydrogen-bond donors (Lipinski definition) is 1. The highest BCUT2D eigenvalue weighted by Gasteiger charge is 2.32. The van der Waals surface area contributed by atoms with Crippen LogP contribution in [0.2, 0.25) is 0 Å². The molecular weight excluding hydrogens is 250 g/mol. The van der Waals surface area contributed by atoms with Crippen molar-refractivity contribution in [2.45, 2.75) is 39.2 Å². The third kappa shape index (κ3) is 2.16. The van der Waals surface area contributed by atoms with Gasteiger partial charge < -0.3 is 10.6 Å². The normalized spacial score (nSPS) is 22.6. The van der Waals surface area contributed by atoms with Crippen molar-refractivity contribution in [3.05, 3.63) is 24.2 Å². The standard InChI is InChI=1S/C15H23N5/c1-3-19(13-6-4-5-12(13)10-16)15-14-9-11(2)18-20(14)8-7-17-15/h7-9,12-13H,3-6,10,16H2,1-2H3. The molecule has 2 aromatic rings. The summed E-state index contributed by atoms with van der Waals surface area (Å²) in [6.07, 6.45) is 7.47. The van der Waals surface area contributed by atoms with E-state index in [1.807, 2.05) is 23.8 Å². The van der Waals surface area contributed by atoms with Crippen LogP contribution in [0.3, 0.4) is 0 Å². The Morgan fingerprint density at radius 3 is 3.05 bits per heavy atom. The zero-order chi connectivity index (χ0) is 14.1. The van der Waals surface area contributed by atoms with Crippen molar-refractivity contribution in [1.29, 1.82) is 0 Å². The number of hydrogen-bond acceptors (Lipinski definition) is 4. The van der Waals surface area contributed by atoms with Gasteiger partial charge in [-0.05, 0) is 45.2 Å². The maximum Gasteiger partial charge on any atom is 0.154 e. The molecule has 1 fully saturated rings. The highest BCUT2D eigenvalue weighted by molar-refractivity contribution is 5.69. The van der Waals surface area contributed by atoms with Gasteiger partial charge in [0.05, 0.1) is 5.69 Å². The first-order valence-corrected chi connectivity index (χ1v) is 7.52. The summed E-state index contributed by atoms with van der Waals surface area (Å²) < 4.78 is 1.92. The molecular formula is C15H23N5. The monoisotopic (exact) mass is 273 g/mol. The smallest absolute Gasteiger partial charge is 0.154 e. The van der Waals surface area contributed by atoms with Gasteiger partial charge in [-0.1, -0.05) is 6.42 Å². The maximum absolute atomic E-state index is 5.95. The van der Waals surface area contributed by atoms with E-state index >= 15 is 0 Å². The Labute approximate surface area is 119 Å². The molecule has 1 aliphatic carbocycles. The molecule has 0 radical (unpaired) electrons. The van der Waals surface area contributed by atoms with Gasteiger partial charge in [-0.3, -0.25) is 0 Å². The minimum absolute atomic E-state index is 0.513. The van der Waals surface area contributed by atoms with E-state index in [9.17, 15) is 0 Å². The van der Waals surface area contributed by atoms with Gasteiger partial charge in [-0.25, -0.2) is 9.50 Å². The highest BCUT2D eigenvalue weighted by Crippen LogP contribution is 2.33. The lowest BCUT2D eigenvalue weighted by Gasteiger charge is -2.33. The SMILES string of the molecule is CCN(c1nccn2nc(C)cc12)C1CCCC1CN. The Bertz CT molecular complexity index is 591. The Balaban J connectivity index is 2.02. The number of aromatic nitrogens is 3. The first kappa shape index (κ1) is 13.4. The number of aryl methyl sites for hydroxylation is 1. The van der Waals surface area contributed by atoms with Crippen LogP contribution in [0.15, 0.2) is 18.5 Å². The molecule has 0 amide bonds. The predicted molar refractivity (Wildman–Crippen MR) is 80.9 cm³/mol. The molecule has 2 atom stereocenters. The Morgan fingerprint density at radius 1 is 1.45 bits per heavy atom. The number of rotatable bonds is 4. The zero-order valence-electron chi connectivity index (χ0n) is 12.3. The lowest BCUT2D eigenvalue weighted by Crippen LogP contribution is -2.41. The van der Waals surface area contributed by atoms with E-state index in [4.69, 9.17) is 5.73 Å². The molecule has 0 saturated heterocycles. The van der Waals surface area contributed by atoms with Crippen LogP contribution in [-0.4, -0.2) is 33.7 Å². The molecule has 0 bridgehead atoms. The molecule has 5 heteroatoms. The third-order valence-corrected chi connectivity index (χ3v) is 4.43. The van der Waals surface area contributed by atoms with Gasteiger partial charge in [0, 0.05) is 25.0 Å². The van der Waals surface area contributed by atoms with Crippen molar-refractivity contribution < 1.29 is 0 Å². The van der Waals surface area contributed by atoms with Gasteiger partial charge in [-0.2, -0.15) is 5.10 Å². The van der Waals surface area contributed by atoms with Crippen LogP contribution in [0.1, 0.15) is 31.9 Å². The summed E-state index contributed by atoms with van der Waals surface area (Å²) in [6, 6.07) is 2.62. The number of anilines is 1. The van der Waals surface area contributed by atoms with E-state index in [1.54, 1.807) is 0 Å². The number of nitrogens with two attached hydrogens (primary N) is 1. The first-order valence-electron chi connectivity index (χ1n) is 7.52. The second-order valence-corrected chi connectivity index (χ2v) is 5.65. The van der Waals surface area contributed by atoms with Crippen molar-refractivity contribution >= 4 is 11.3 Å². The minimum atomic E-state index is 0.513. The van der Waals surface area contributed by atoms with Crippen molar-refractivity contribution in [3.63, 3.8) is 0 Å². The van der Waals surface area contributed by atoms with Gasteiger partial charge in [0.2, 0.25) is 0 Å². The Kier molecular flexibility index (Phi) is 3.61. The van der Waals surface area contributed by atoms with Gasteiger partial charge >= 0.3 is 0 Å². The van der Waals surface area contributed by atoms with Crippen molar-refractivity contribution in [2.75, 3.05) is 18.0 Å². The molecule has 3 rings (SSSR count). The minimum Gasteiger partial charge on any atom is -0.352 e. The second-order valence-electron chi connectivity index (χ2n) is 5.65. The topological polar surface area (TPSA) is 59.5 Å². The van der Waals surface area contributed by atoms with E-state index in [2.05, 4.69) is 28.0 Å². The second kappa shape index (κ2) is 5.40. The Hall–Kier alpha value is -1.62. The average molecular weight is 273 g/mol. The van der Waals surface area contributed by atoms with E-state index in [0.717, 1.165) is 30.1 Å². The molecule has 5 nitrogen and oxygen atoms in total. The van der Waals surface area contributed by atoms with Crippen molar-refractivity contribution in [2.24, 2.45) is 11.7 Å². The molecule has 0 spiro atoms. The van der Waals surface area contributed by atoms with E-state index in [1.165, 1.54) is 19.3 Å². The molecule has 2 aromatic heterocycles. The quantitative estimate of drug-likeness (QED) is 0.925. The fourth-order valence-electron chi connectivity index (χ4n) is 3.50. The van der Waals surface area contributed by atoms with E-state index in [0.29, 0.717) is 12.0 Å². The fourth-order valence-corrected chi connectivity index (χ4v) is 3.50. The molecule has 1 aliphatic rings. The largest absolute Gasteiger partial charge is 0.352 e. The summed E-state index contributed by atoms with van der Waals surface area (Å²) in [5.41, 5.74) is 8.06. The van der Waals surface area contributed by atoms with Gasteiger partial charge in [0.25, 0.3) is 0 Å². The van der Waals surface area contributed by atoms with Crippen LogP contribution < -0.4 is 10.6 Å². The Morgan fingerprint density at radius 2 is 2.30 bits per heavy atom. The first-order chi connectivity index (χ1) is 9.74. The molecule has 1 saturated carbocycles. The van der Waals surface area contributed by atoms with Crippen molar-refractivity contribution in [1.82, 2.24) is 14.6 Å². The molecule has 0 aromatic carbocycles. The summed E-state index contributed by atoms with van der Waals surface area (Å²) >= 11 is 0. The van der Waals surface area contributed by atoms with Gasteiger partial charge in [-0.15, -0.1) is 0 Å². The van der Waals surface area contributed by atoms with E-state index in [-0.39, 0.29) is 0 Å². The average Bonchev–Trinajstić information content (AvgIpc) is 3.05. The predicted octanol–water partition coefficient (Wildman–Crippen LogP) is 1.99. The lowest BCUT2D eigenvalue weighted by molar-refractivity contribution is 0.460. The van der Waals surface area contributed by atoms with Gasteiger partial charge in [0.1, 0.15) is 5.52 Å². The third-order valence-electron chi connectivity index (χ3n) is 4.43. The van der Waals surface area contributed by atoms with Crippen LogP contribution in [0.5, 0.6) is 0 Å². The molecule has 2 N–H and O–H groups in total. The summed E-state index contributed by atoms with van der Waals surface area (Å²) in [4.78, 5) is 7.05. The molecule has 0 aliphatic heterocycles. The molecule has 20 heavy (non-hydrogen) atoms. The van der Waals surface area contributed by atoms with Crippen LogP contribution in [-0.2, 0) is 0 Å². The highest BCUT2D eigenvalue weighted by atomic mass is 15.3. The maximum atomic E-state index is 5.95. The molecule has 108 valence electrons. The summed E-state index contributed by atoms with van der Waals surface area (Å²) in [7, 11) is 0. The number of nitrogens with zero attached hydrogens (tertiary/aromatic N) is 4. The van der Waals surface area contributed by atoms with Crippen LogP contribution in [0.25, 0.3) is 5.52 Å². The van der Waals surface area contributed by atoms with Gasteiger partial charge in [0.15, 0.2) is 5.82 Å². The molecule has 2 unspecified atom stereocenters. The van der Waals surface area contributed by atoms with Crippen LogP contribution in [0.4, 0.5) is 5.82 Å². The number of fused-ring (bicyclic) bond motifs is 1.